The number of pyridine rings is 1. The Labute approximate surface area is 199 Å². The van der Waals surface area contributed by atoms with Crippen LogP contribution in [0, 0.1) is 0 Å². The Morgan fingerprint density at radius 3 is 2.61 bits per heavy atom. The van der Waals surface area contributed by atoms with Gasteiger partial charge in [0, 0.05) is 48.3 Å². The average Bonchev–Trinajstić information content (AvgIpc) is 2.84. The van der Waals surface area contributed by atoms with Crippen LogP contribution in [0.3, 0.4) is 0 Å². The summed E-state index contributed by atoms with van der Waals surface area (Å²) in [5.41, 5.74) is 2.60. The fraction of sp³-hybridized carbons (Fsp3) is 0.115. The van der Waals surface area contributed by atoms with E-state index < -0.39 is 10.0 Å². The lowest BCUT2D eigenvalue weighted by Crippen LogP contribution is -2.28. The van der Waals surface area contributed by atoms with Gasteiger partial charge in [-0.15, -0.1) is 0 Å². The van der Waals surface area contributed by atoms with Gasteiger partial charge < -0.3 is 5.32 Å². The van der Waals surface area contributed by atoms with E-state index in [1.54, 1.807) is 37.6 Å². The maximum absolute atomic E-state index is 13.5. The van der Waals surface area contributed by atoms with E-state index in [1.807, 2.05) is 66.7 Å². The number of hydrogen-bond acceptors (Lipinski definition) is 4. The summed E-state index contributed by atoms with van der Waals surface area (Å²) < 4.78 is 28.4. The second kappa shape index (κ2) is 10.2. The quantitative estimate of drug-likeness (QED) is 0.339. The van der Waals surface area contributed by atoms with Crippen LogP contribution >= 0.6 is 11.6 Å². The number of para-hydroxylation sites is 1. The van der Waals surface area contributed by atoms with Gasteiger partial charge in [-0.2, -0.15) is 0 Å². The third-order valence-electron chi connectivity index (χ3n) is 5.37. The van der Waals surface area contributed by atoms with Crippen molar-refractivity contribution in [3.8, 4) is 0 Å². The smallest absolute Gasteiger partial charge is 0.264 e. The van der Waals surface area contributed by atoms with Crippen molar-refractivity contribution in [3.05, 3.63) is 107 Å². The van der Waals surface area contributed by atoms with Crippen LogP contribution in [0.5, 0.6) is 0 Å². The third-order valence-corrected chi connectivity index (χ3v) is 7.45. The number of anilines is 1. The molecule has 0 unspecified atom stereocenters. The normalized spacial score (nSPS) is 11.8. The van der Waals surface area contributed by atoms with Crippen molar-refractivity contribution >= 4 is 44.2 Å². The molecule has 0 aliphatic rings. The van der Waals surface area contributed by atoms with Gasteiger partial charge in [-0.1, -0.05) is 66.2 Å². The molecule has 7 heteroatoms. The summed E-state index contributed by atoms with van der Waals surface area (Å²) in [5, 5.41) is 5.51. The summed E-state index contributed by atoms with van der Waals surface area (Å²) in [5.74, 6) is 0. The van der Waals surface area contributed by atoms with Crippen LogP contribution in [0.2, 0.25) is 5.02 Å². The lowest BCUT2D eigenvalue weighted by Gasteiger charge is -2.23. The van der Waals surface area contributed by atoms with Crippen molar-refractivity contribution in [2.24, 2.45) is 0 Å². The zero-order chi connectivity index (χ0) is 23.3. The molecule has 0 amide bonds. The average molecular weight is 478 g/mol. The molecular formula is C26H24ClN3O2S. The predicted octanol–water partition coefficient (Wildman–Crippen LogP) is 5.52. The second-order valence-corrected chi connectivity index (χ2v) is 9.91. The van der Waals surface area contributed by atoms with Gasteiger partial charge in [0.1, 0.15) is 0 Å². The van der Waals surface area contributed by atoms with Crippen molar-refractivity contribution in [2.45, 2.75) is 11.4 Å². The Bertz CT molecular complexity index is 1380. The van der Waals surface area contributed by atoms with Crippen molar-refractivity contribution in [1.29, 1.82) is 0 Å². The summed E-state index contributed by atoms with van der Waals surface area (Å²) >= 11 is 5.92. The largest absolute Gasteiger partial charge is 0.309 e. The molecule has 0 atom stereocenters. The number of nitrogens with one attached hydrogen (secondary N) is 1. The topological polar surface area (TPSA) is 62.3 Å². The maximum atomic E-state index is 13.5. The molecule has 1 heterocycles. The highest BCUT2D eigenvalue weighted by Gasteiger charge is 2.24. The number of aromatic nitrogens is 1. The third kappa shape index (κ3) is 5.25. The van der Waals surface area contributed by atoms with Crippen LogP contribution < -0.4 is 9.62 Å². The molecule has 33 heavy (non-hydrogen) atoms. The molecule has 0 saturated carbocycles. The molecule has 0 aliphatic carbocycles. The lowest BCUT2D eigenvalue weighted by molar-refractivity contribution is 0.595. The van der Waals surface area contributed by atoms with Crippen LogP contribution in [0.1, 0.15) is 11.1 Å². The van der Waals surface area contributed by atoms with Gasteiger partial charge in [-0.05, 0) is 41.5 Å². The van der Waals surface area contributed by atoms with Crippen LogP contribution in [0.25, 0.3) is 16.8 Å². The van der Waals surface area contributed by atoms with Crippen molar-refractivity contribution < 1.29 is 8.42 Å². The SMILES string of the molecule is CN(c1ccccc1CNCC=Cc1ccc(Cl)cc1)S(=O)(=O)c1cccc2cnccc12. The minimum Gasteiger partial charge on any atom is -0.309 e. The van der Waals surface area contributed by atoms with E-state index in [4.69, 9.17) is 11.6 Å². The van der Waals surface area contributed by atoms with Crippen LogP contribution in [0.15, 0.2) is 96.2 Å². The first-order valence-corrected chi connectivity index (χ1v) is 12.3. The first-order valence-electron chi connectivity index (χ1n) is 10.5. The predicted molar refractivity (Wildman–Crippen MR) is 136 cm³/mol. The van der Waals surface area contributed by atoms with Gasteiger partial charge in [-0.25, -0.2) is 8.42 Å². The molecule has 1 aromatic heterocycles. The van der Waals surface area contributed by atoms with Crippen LogP contribution in [-0.4, -0.2) is 27.0 Å². The number of halogens is 1. The molecule has 168 valence electrons. The highest BCUT2D eigenvalue weighted by Crippen LogP contribution is 2.29. The molecule has 0 spiro atoms. The molecule has 0 bridgehead atoms. The fourth-order valence-corrected chi connectivity index (χ4v) is 5.19. The van der Waals surface area contributed by atoms with Crippen molar-refractivity contribution in [3.63, 3.8) is 0 Å². The number of fused-ring (bicyclic) bond motifs is 1. The first kappa shape index (κ1) is 23.0. The molecule has 0 fully saturated rings. The number of rotatable bonds is 8. The Hall–Kier alpha value is -3.19. The Kier molecular flexibility index (Phi) is 7.08. The van der Waals surface area contributed by atoms with E-state index >= 15 is 0 Å². The molecule has 5 nitrogen and oxygen atoms in total. The number of nitrogens with zero attached hydrogens (tertiary/aromatic N) is 2. The Morgan fingerprint density at radius 1 is 1.00 bits per heavy atom. The minimum atomic E-state index is -3.76. The van der Waals surface area contributed by atoms with Gasteiger partial charge in [0.05, 0.1) is 10.6 Å². The molecule has 0 radical (unpaired) electrons. The van der Waals surface area contributed by atoms with Gasteiger partial charge in [0.25, 0.3) is 10.0 Å². The molecule has 3 aromatic carbocycles. The summed E-state index contributed by atoms with van der Waals surface area (Å²) in [6.07, 6.45) is 7.32. The van der Waals surface area contributed by atoms with Crippen molar-refractivity contribution in [2.75, 3.05) is 17.9 Å². The zero-order valence-corrected chi connectivity index (χ0v) is 19.7. The highest BCUT2D eigenvalue weighted by atomic mass is 35.5. The summed E-state index contributed by atoms with van der Waals surface area (Å²) in [6.45, 7) is 1.17. The standard InChI is InChI=1S/C26H24ClN3O2S/c1-30(33(31,32)26-10-4-8-21-18-29-17-15-24(21)26)25-9-3-2-7-22(25)19-28-16-5-6-20-11-13-23(27)14-12-20/h2-15,17-18,28H,16,19H2,1H3. The number of benzene rings is 3. The maximum Gasteiger partial charge on any atom is 0.264 e. The van der Waals surface area contributed by atoms with Gasteiger partial charge >= 0.3 is 0 Å². The summed E-state index contributed by atoms with van der Waals surface area (Å²) in [4.78, 5) is 4.36. The van der Waals surface area contributed by atoms with E-state index in [9.17, 15) is 8.42 Å². The molecule has 1 N–H and O–H groups in total. The van der Waals surface area contributed by atoms with Gasteiger partial charge in [0.15, 0.2) is 0 Å². The monoisotopic (exact) mass is 477 g/mol. The molecule has 0 aliphatic heterocycles. The summed E-state index contributed by atoms with van der Waals surface area (Å²) in [7, 11) is -2.17. The van der Waals surface area contributed by atoms with Gasteiger partial charge in [0.2, 0.25) is 0 Å². The van der Waals surface area contributed by atoms with E-state index in [-0.39, 0.29) is 4.90 Å². The molecule has 4 aromatic rings. The van der Waals surface area contributed by atoms with E-state index in [2.05, 4.69) is 10.3 Å². The van der Waals surface area contributed by atoms with Gasteiger partial charge in [-0.3, -0.25) is 9.29 Å². The second-order valence-electron chi connectivity index (χ2n) is 7.54. The molecular weight excluding hydrogens is 454 g/mol. The van der Waals surface area contributed by atoms with Crippen LogP contribution in [0.4, 0.5) is 5.69 Å². The van der Waals surface area contributed by atoms with Crippen LogP contribution in [-0.2, 0) is 16.6 Å². The van der Waals surface area contributed by atoms with Crippen molar-refractivity contribution in [1.82, 2.24) is 10.3 Å². The molecule has 4 rings (SSSR count). The molecule has 0 saturated heterocycles. The zero-order valence-electron chi connectivity index (χ0n) is 18.1. The first-order chi connectivity index (χ1) is 16.0. The number of sulfonamides is 1. The fourth-order valence-electron chi connectivity index (χ4n) is 3.62. The highest BCUT2D eigenvalue weighted by molar-refractivity contribution is 7.93. The number of hydrogen-bond donors (Lipinski definition) is 1. The van der Waals surface area contributed by atoms with E-state index in [1.165, 1.54) is 4.31 Å². The Morgan fingerprint density at radius 2 is 1.79 bits per heavy atom. The summed E-state index contributed by atoms with van der Waals surface area (Å²) in [6, 6.07) is 22.1. The van der Waals surface area contributed by atoms with E-state index in [0.29, 0.717) is 29.2 Å². The Balaban J connectivity index is 1.51. The minimum absolute atomic E-state index is 0.263. The van der Waals surface area contributed by atoms with E-state index in [0.717, 1.165) is 16.5 Å². The lowest BCUT2D eigenvalue weighted by atomic mass is 10.1.